The van der Waals surface area contributed by atoms with Gasteiger partial charge in [0.15, 0.2) is 5.78 Å². The van der Waals surface area contributed by atoms with E-state index >= 15 is 0 Å². The summed E-state index contributed by atoms with van der Waals surface area (Å²) in [6.07, 6.45) is 2.45. The van der Waals surface area contributed by atoms with E-state index in [-0.39, 0.29) is 61.3 Å². The minimum Gasteiger partial charge on any atom is -0.478 e. The molecule has 16 heteroatoms. The lowest BCUT2D eigenvalue weighted by molar-refractivity contribution is -0.137. The van der Waals surface area contributed by atoms with E-state index in [1.54, 1.807) is 0 Å². The number of imide groups is 1. The molecule has 0 saturated carbocycles. The first-order valence-corrected chi connectivity index (χ1v) is 15.1. The van der Waals surface area contributed by atoms with Gasteiger partial charge in [-0.3, -0.25) is 19.3 Å². The monoisotopic (exact) mass is 669 g/mol. The average Bonchev–Trinajstić information content (AvgIpc) is 3.38. The van der Waals surface area contributed by atoms with Crippen LogP contribution in [0.15, 0.2) is 30.4 Å². The van der Waals surface area contributed by atoms with Gasteiger partial charge in [-0.15, -0.1) is 0 Å². The average molecular weight is 670 g/mol. The van der Waals surface area contributed by atoms with Crippen molar-refractivity contribution in [1.29, 1.82) is 0 Å². The fourth-order valence-electron chi connectivity index (χ4n) is 3.79. The quantitative estimate of drug-likeness (QED) is 0.0658. The number of aromatic carboxylic acids is 2. The van der Waals surface area contributed by atoms with Crippen LogP contribution in [0, 0.1) is 0 Å². The van der Waals surface area contributed by atoms with Gasteiger partial charge in [-0.25, -0.2) is 9.59 Å². The molecule has 0 spiro atoms. The molecule has 47 heavy (non-hydrogen) atoms. The minimum absolute atomic E-state index is 0.00438. The molecule has 1 aromatic rings. The van der Waals surface area contributed by atoms with Crippen molar-refractivity contribution in [1.82, 2.24) is 4.90 Å². The number of ether oxygens (including phenoxy) is 8. The number of carboxylic acids is 2. The second kappa shape index (κ2) is 24.5. The molecule has 0 fully saturated rings. The van der Waals surface area contributed by atoms with E-state index in [0.29, 0.717) is 85.9 Å². The van der Waals surface area contributed by atoms with Crippen molar-refractivity contribution in [2.45, 2.75) is 6.42 Å². The van der Waals surface area contributed by atoms with Gasteiger partial charge in [0.25, 0.3) is 11.8 Å². The maximum Gasteiger partial charge on any atom is 0.335 e. The van der Waals surface area contributed by atoms with Crippen LogP contribution in [0.3, 0.4) is 0 Å². The SMILES string of the molecule is O=C(O)c1cc(C(=O)O)cc(C(=O)CCOCCOCCOCCOCCOCCOCCOCCOCCN2C(=O)C=CC2=O)c1. The number of hydrogen-bond donors (Lipinski definition) is 2. The summed E-state index contributed by atoms with van der Waals surface area (Å²) >= 11 is 0. The molecule has 16 nitrogen and oxygen atoms in total. The molecule has 2 rings (SSSR count). The smallest absolute Gasteiger partial charge is 0.335 e. The van der Waals surface area contributed by atoms with Crippen molar-refractivity contribution in [3.8, 4) is 0 Å². The Morgan fingerprint density at radius 1 is 0.468 bits per heavy atom. The Balaban J connectivity index is 1.27. The fraction of sp³-hybridized carbons (Fsp3) is 0.581. The molecule has 1 aliphatic rings. The molecular formula is C31H43NO15. The number of carbonyl (C=O) groups is 5. The Morgan fingerprint density at radius 3 is 1.11 bits per heavy atom. The highest BCUT2D eigenvalue weighted by Crippen LogP contribution is 2.13. The maximum absolute atomic E-state index is 12.3. The summed E-state index contributed by atoms with van der Waals surface area (Å²) in [7, 11) is 0. The molecule has 262 valence electrons. The fourth-order valence-corrected chi connectivity index (χ4v) is 3.79. The van der Waals surface area contributed by atoms with E-state index in [1.165, 1.54) is 12.2 Å². The predicted molar refractivity (Wildman–Crippen MR) is 162 cm³/mol. The van der Waals surface area contributed by atoms with Crippen LogP contribution < -0.4 is 0 Å². The van der Waals surface area contributed by atoms with E-state index in [4.69, 9.17) is 48.1 Å². The van der Waals surface area contributed by atoms with Gasteiger partial charge in [0.1, 0.15) is 0 Å². The first-order chi connectivity index (χ1) is 22.8. The molecule has 1 aromatic carbocycles. The molecule has 1 heterocycles. The number of hydrogen-bond acceptors (Lipinski definition) is 13. The van der Waals surface area contributed by atoms with Crippen molar-refractivity contribution < 1.29 is 72.1 Å². The third-order valence-electron chi connectivity index (χ3n) is 6.19. The van der Waals surface area contributed by atoms with E-state index in [1.807, 2.05) is 0 Å². The molecule has 0 aromatic heterocycles. The zero-order valence-electron chi connectivity index (χ0n) is 26.3. The number of benzene rings is 1. The van der Waals surface area contributed by atoms with Gasteiger partial charge in [0, 0.05) is 24.1 Å². The van der Waals surface area contributed by atoms with Crippen LogP contribution in [0.25, 0.3) is 0 Å². The molecule has 2 amide bonds. The van der Waals surface area contributed by atoms with Gasteiger partial charge < -0.3 is 48.1 Å². The van der Waals surface area contributed by atoms with Crippen molar-refractivity contribution in [3.05, 3.63) is 47.0 Å². The second-order valence-electron chi connectivity index (χ2n) is 9.64. The Morgan fingerprint density at radius 2 is 0.766 bits per heavy atom. The number of carbonyl (C=O) groups excluding carboxylic acids is 3. The highest BCUT2D eigenvalue weighted by atomic mass is 16.6. The summed E-state index contributed by atoms with van der Waals surface area (Å²) < 4.78 is 43.2. The molecule has 2 N–H and O–H groups in total. The van der Waals surface area contributed by atoms with Crippen molar-refractivity contribution >= 4 is 29.5 Å². The largest absolute Gasteiger partial charge is 0.478 e. The van der Waals surface area contributed by atoms with E-state index < -0.39 is 17.7 Å². The Labute approximate surface area is 272 Å². The normalized spacial score (nSPS) is 12.7. The number of Topliss-reactive ketones (excluding diaryl/α,β-unsaturated/α-hetero) is 1. The third kappa shape index (κ3) is 17.8. The van der Waals surface area contributed by atoms with Crippen LogP contribution in [0.2, 0.25) is 0 Å². The lowest BCUT2D eigenvalue weighted by Gasteiger charge is -2.13. The summed E-state index contributed by atoms with van der Waals surface area (Å²) in [4.78, 5) is 58.6. The Hall–Kier alpha value is -3.61. The minimum atomic E-state index is -1.32. The predicted octanol–water partition coefficient (Wildman–Crippen LogP) is 0.714. The first-order valence-electron chi connectivity index (χ1n) is 15.1. The highest BCUT2D eigenvalue weighted by molar-refractivity contribution is 6.12. The first kappa shape index (κ1) is 39.6. The van der Waals surface area contributed by atoms with Crippen molar-refractivity contribution in [2.24, 2.45) is 0 Å². The van der Waals surface area contributed by atoms with Gasteiger partial charge in [0.05, 0.1) is 123 Å². The van der Waals surface area contributed by atoms with Crippen LogP contribution in [0.1, 0.15) is 37.5 Å². The van der Waals surface area contributed by atoms with Crippen LogP contribution >= 0.6 is 0 Å². The van der Waals surface area contributed by atoms with Gasteiger partial charge in [-0.1, -0.05) is 0 Å². The van der Waals surface area contributed by atoms with Gasteiger partial charge >= 0.3 is 11.9 Å². The molecule has 0 radical (unpaired) electrons. The van der Waals surface area contributed by atoms with Crippen LogP contribution in [-0.4, -0.2) is 157 Å². The maximum atomic E-state index is 12.3. The summed E-state index contributed by atoms with van der Waals surface area (Å²) in [5.41, 5.74) is -0.536. The summed E-state index contributed by atoms with van der Waals surface area (Å²) in [6, 6.07) is 3.29. The molecule has 0 unspecified atom stereocenters. The van der Waals surface area contributed by atoms with Gasteiger partial charge in [0.2, 0.25) is 0 Å². The van der Waals surface area contributed by atoms with Crippen LogP contribution in [0.5, 0.6) is 0 Å². The second-order valence-corrected chi connectivity index (χ2v) is 9.64. The molecule has 0 aliphatic carbocycles. The van der Waals surface area contributed by atoms with Crippen LogP contribution in [-0.2, 0) is 47.5 Å². The Kier molecular flexibility index (Phi) is 20.7. The number of amides is 2. The summed E-state index contributed by atoms with van der Waals surface area (Å²) in [5, 5.41) is 18.2. The van der Waals surface area contributed by atoms with E-state index in [9.17, 15) is 24.0 Å². The van der Waals surface area contributed by atoms with Crippen molar-refractivity contribution in [2.75, 3.05) is 112 Å². The van der Waals surface area contributed by atoms with E-state index in [0.717, 1.165) is 23.1 Å². The highest BCUT2D eigenvalue weighted by Gasteiger charge is 2.22. The Bertz CT molecular complexity index is 1110. The van der Waals surface area contributed by atoms with Gasteiger partial charge in [-0.2, -0.15) is 0 Å². The molecule has 0 bridgehead atoms. The zero-order chi connectivity index (χ0) is 34.1. The molecule has 1 aliphatic heterocycles. The lowest BCUT2D eigenvalue weighted by atomic mass is 10.0. The van der Waals surface area contributed by atoms with E-state index in [2.05, 4.69) is 0 Å². The van der Waals surface area contributed by atoms with Crippen LogP contribution in [0.4, 0.5) is 0 Å². The number of carboxylic acid groups (broad SMARTS) is 2. The summed E-state index contributed by atoms with van der Waals surface area (Å²) in [5.74, 6) is -3.71. The molecule has 0 saturated heterocycles. The van der Waals surface area contributed by atoms with Gasteiger partial charge in [-0.05, 0) is 18.2 Å². The number of nitrogens with zero attached hydrogens (tertiary/aromatic N) is 1. The topological polar surface area (TPSA) is 203 Å². The third-order valence-corrected chi connectivity index (χ3v) is 6.19. The number of ketones is 1. The molecule has 0 atom stereocenters. The summed E-state index contributed by atoms with van der Waals surface area (Å²) in [6.45, 7) is 5.90. The standard InChI is InChI=1S/C31H43NO15/c33-27(24-21-25(30(36)37)23-26(22-24)31(38)39)3-5-40-7-9-42-11-13-44-15-17-46-19-20-47-18-16-45-14-12-43-10-8-41-6-4-32-28(34)1-2-29(32)35/h1-2,21-23H,3-20H2,(H,36,37)(H,38,39). The zero-order valence-corrected chi connectivity index (χ0v) is 26.3. The molecular weight excluding hydrogens is 626 g/mol. The number of rotatable bonds is 30. The lowest BCUT2D eigenvalue weighted by Crippen LogP contribution is -2.33. The van der Waals surface area contributed by atoms with Crippen molar-refractivity contribution in [3.63, 3.8) is 0 Å².